The van der Waals surface area contributed by atoms with Gasteiger partial charge in [-0.3, -0.25) is 4.79 Å². The first-order chi connectivity index (χ1) is 10.0. The van der Waals surface area contributed by atoms with Gasteiger partial charge in [0.05, 0.1) is 12.8 Å². The van der Waals surface area contributed by atoms with Crippen molar-refractivity contribution in [1.82, 2.24) is 15.3 Å². The van der Waals surface area contributed by atoms with Crippen molar-refractivity contribution in [2.75, 3.05) is 6.61 Å². The molecule has 0 aliphatic rings. The fraction of sp³-hybridized carbons (Fsp3) is 0.400. The summed E-state index contributed by atoms with van der Waals surface area (Å²) >= 11 is 0. The zero-order valence-electron chi connectivity index (χ0n) is 12.4. The van der Waals surface area contributed by atoms with Gasteiger partial charge in [-0.2, -0.15) is 4.98 Å². The van der Waals surface area contributed by atoms with Crippen LogP contribution in [0, 0.1) is 6.92 Å². The van der Waals surface area contributed by atoms with Crippen molar-refractivity contribution >= 4 is 5.91 Å². The van der Waals surface area contributed by atoms with Gasteiger partial charge in [0.15, 0.2) is 6.61 Å². The summed E-state index contributed by atoms with van der Waals surface area (Å²) in [6.07, 6.45) is 1.56. The van der Waals surface area contributed by atoms with Gasteiger partial charge in [0.2, 0.25) is 5.88 Å². The maximum absolute atomic E-state index is 11.7. The Kier molecular flexibility index (Phi) is 4.92. The van der Waals surface area contributed by atoms with E-state index in [0.29, 0.717) is 24.0 Å². The lowest BCUT2D eigenvalue weighted by atomic mass is 10.2. The minimum absolute atomic E-state index is 0.0886. The highest BCUT2D eigenvalue weighted by molar-refractivity contribution is 5.77. The highest BCUT2D eigenvalue weighted by Crippen LogP contribution is 2.15. The second-order valence-electron chi connectivity index (χ2n) is 5.01. The summed E-state index contributed by atoms with van der Waals surface area (Å²) < 4.78 is 10.5. The smallest absolute Gasteiger partial charge is 0.258 e. The number of ether oxygens (including phenoxy) is 1. The van der Waals surface area contributed by atoms with Crippen LogP contribution in [0.25, 0.3) is 0 Å². The number of aromatic nitrogens is 2. The van der Waals surface area contributed by atoms with Crippen molar-refractivity contribution < 1.29 is 13.9 Å². The summed E-state index contributed by atoms with van der Waals surface area (Å²) in [6, 6.07) is 5.28. The van der Waals surface area contributed by atoms with Gasteiger partial charge in [-0.15, -0.1) is 0 Å². The molecule has 6 nitrogen and oxygen atoms in total. The molecule has 6 heteroatoms. The molecule has 2 heterocycles. The molecule has 112 valence electrons. The SMILES string of the molecule is Cc1cc(OCC(=O)NCc2ccco2)nc(C(C)C)n1. The molecular formula is C15H19N3O3. The van der Waals surface area contributed by atoms with Crippen molar-refractivity contribution in [3.63, 3.8) is 0 Å². The molecule has 0 aliphatic heterocycles. The van der Waals surface area contributed by atoms with E-state index in [1.54, 1.807) is 24.5 Å². The third-order valence-corrected chi connectivity index (χ3v) is 2.76. The van der Waals surface area contributed by atoms with Gasteiger partial charge in [-0.05, 0) is 19.1 Å². The molecule has 1 N–H and O–H groups in total. The van der Waals surface area contributed by atoms with Gasteiger partial charge in [-0.1, -0.05) is 13.8 Å². The van der Waals surface area contributed by atoms with Crippen molar-refractivity contribution in [2.45, 2.75) is 33.2 Å². The highest BCUT2D eigenvalue weighted by Gasteiger charge is 2.09. The van der Waals surface area contributed by atoms with E-state index in [-0.39, 0.29) is 18.4 Å². The van der Waals surface area contributed by atoms with E-state index < -0.39 is 0 Å². The lowest BCUT2D eigenvalue weighted by Gasteiger charge is -2.09. The van der Waals surface area contributed by atoms with Gasteiger partial charge >= 0.3 is 0 Å². The van der Waals surface area contributed by atoms with Crippen LogP contribution in [0.5, 0.6) is 5.88 Å². The van der Waals surface area contributed by atoms with Crippen molar-refractivity contribution in [3.8, 4) is 5.88 Å². The minimum Gasteiger partial charge on any atom is -0.467 e. The van der Waals surface area contributed by atoms with Crippen LogP contribution in [0.3, 0.4) is 0 Å². The van der Waals surface area contributed by atoms with Gasteiger partial charge in [-0.25, -0.2) is 4.98 Å². The van der Waals surface area contributed by atoms with Crippen molar-refractivity contribution in [3.05, 3.63) is 41.7 Å². The van der Waals surface area contributed by atoms with E-state index in [4.69, 9.17) is 9.15 Å². The number of hydrogen-bond acceptors (Lipinski definition) is 5. The van der Waals surface area contributed by atoms with Crippen LogP contribution in [-0.2, 0) is 11.3 Å². The Morgan fingerprint density at radius 1 is 1.43 bits per heavy atom. The van der Waals surface area contributed by atoms with Gasteiger partial charge in [0.1, 0.15) is 11.6 Å². The summed E-state index contributed by atoms with van der Waals surface area (Å²) in [4.78, 5) is 20.3. The Labute approximate surface area is 123 Å². The monoisotopic (exact) mass is 289 g/mol. The van der Waals surface area contributed by atoms with Crippen LogP contribution in [-0.4, -0.2) is 22.5 Å². The molecule has 0 fully saturated rings. The maximum Gasteiger partial charge on any atom is 0.258 e. The molecule has 0 aliphatic carbocycles. The Hall–Kier alpha value is -2.37. The van der Waals surface area contributed by atoms with E-state index in [1.807, 2.05) is 20.8 Å². The van der Waals surface area contributed by atoms with E-state index >= 15 is 0 Å². The molecule has 1 amide bonds. The lowest BCUT2D eigenvalue weighted by molar-refractivity contribution is -0.123. The molecule has 0 aromatic carbocycles. The molecule has 0 bridgehead atoms. The predicted molar refractivity (Wildman–Crippen MR) is 76.9 cm³/mol. The average molecular weight is 289 g/mol. The van der Waals surface area contributed by atoms with Gasteiger partial charge < -0.3 is 14.5 Å². The molecule has 2 aromatic heterocycles. The summed E-state index contributed by atoms with van der Waals surface area (Å²) in [5.74, 6) is 1.80. The Balaban J connectivity index is 1.86. The number of nitrogens with one attached hydrogen (secondary N) is 1. The summed E-state index contributed by atoms with van der Waals surface area (Å²) in [5.41, 5.74) is 0.819. The van der Waals surface area contributed by atoms with E-state index in [0.717, 1.165) is 5.69 Å². The standard InChI is InChI=1S/C15H19N3O3/c1-10(2)15-17-11(3)7-14(18-15)21-9-13(19)16-8-12-5-4-6-20-12/h4-7,10H,8-9H2,1-3H3,(H,16,19). The molecule has 0 atom stereocenters. The van der Waals surface area contributed by atoms with Crippen molar-refractivity contribution in [1.29, 1.82) is 0 Å². The zero-order valence-corrected chi connectivity index (χ0v) is 12.4. The average Bonchev–Trinajstić information content (AvgIpc) is 2.95. The first-order valence-electron chi connectivity index (χ1n) is 6.82. The molecule has 2 rings (SSSR count). The number of furan rings is 1. The number of carbonyl (C=O) groups excluding carboxylic acids is 1. The Morgan fingerprint density at radius 3 is 2.90 bits per heavy atom. The van der Waals surface area contributed by atoms with E-state index in [9.17, 15) is 4.79 Å². The Morgan fingerprint density at radius 2 is 2.24 bits per heavy atom. The van der Waals surface area contributed by atoms with Crippen LogP contribution >= 0.6 is 0 Å². The molecule has 0 unspecified atom stereocenters. The quantitative estimate of drug-likeness (QED) is 0.882. The number of nitrogens with zero attached hydrogens (tertiary/aromatic N) is 2. The Bertz CT molecular complexity index is 594. The predicted octanol–water partition coefficient (Wildman–Crippen LogP) is 2.20. The van der Waals surface area contributed by atoms with Gasteiger partial charge in [0, 0.05) is 17.7 Å². The molecule has 21 heavy (non-hydrogen) atoms. The maximum atomic E-state index is 11.7. The first-order valence-corrected chi connectivity index (χ1v) is 6.82. The second kappa shape index (κ2) is 6.88. The highest BCUT2D eigenvalue weighted by atomic mass is 16.5. The molecule has 2 aromatic rings. The van der Waals surface area contributed by atoms with E-state index in [1.165, 1.54) is 0 Å². The zero-order chi connectivity index (χ0) is 15.2. The third kappa shape index (κ3) is 4.59. The lowest BCUT2D eigenvalue weighted by Crippen LogP contribution is -2.28. The third-order valence-electron chi connectivity index (χ3n) is 2.76. The number of rotatable bonds is 6. The van der Waals surface area contributed by atoms with Crippen molar-refractivity contribution in [2.24, 2.45) is 0 Å². The van der Waals surface area contributed by atoms with Crippen LogP contribution < -0.4 is 10.1 Å². The van der Waals surface area contributed by atoms with Crippen LogP contribution in [0.2, 0.25) is 0 Å². The fourth-order valence-corrected chi connectivity index (χ4v) is 1.68. The normalized spacial score (nSPS) is 10.7. The molecule has 0 radical (unpaired) electrons. The van der Waals surface area contributed by atoms with Gasteiger partial charge in [0.25, 0.3) is 5.91 Å². The number of carbonyl (C=O) groups is 1. The fourth-order valence-electron chi connectivity index (χ4n) is 1.68. The van der Waals surface area contributed by atoms with Crippen LogP contribution in [0.15, 0.2) is 28.9 Å². The topological polar surface area (TPSA) is 77.2 Å². The largest absolute Gasteiger partial charge is 0.467 e. The minimum atomic E-state index is -0.228. The second-order valence-corrected chi connectivity index (χ2v) is 5.01. The van der Waals surface area contributed by atoms with Crippen LogP contribution in [0.1, 0.15) is 37.0 Å². The number of aryl methyl sites for hydroxylation is 1. The molecule has 0 saturated heterocycles. The molecule has 0 saturated carbocycles. The molecular weight excluding hydrogens is 270 g/mol. The number of hydrogen-bond donors (Lipinski definition) is 1. The summed E-state index contributed by atoms with van der Waals surface area (Å²) in [5, 5.41) is 2.71. The van der Waals surface area contributed by atoms with E-state index in [2.05, 4.69) is 15.3 Å². The summed E-state index contributed by atoms with van der Waals surface area (Å²) in [6.45, 7) is 6.14. The number of amides is 1. The molecule has 0 spiro atoms. The summed E-state index contributed by atoms with van der Waals surface area (Å²) in [7, 11) is 0. The first kappa shape index (κ1) is 15.0. The van der Waals surface area contributed by atoms with Crippen LogP contribution in [0.4, 0.5) is 0 Å².